The van der Waals surface area contributed by atoms with Gasteiger partial charge in [-0.2, -0.15) is 11.3 Å². The van der Waals surface area contributed by atoms with Gasteiger partial charge in [0.05, 0.1) is 0 Å². The van der Waals surface area contributed by atoms with Crippen LogP contribution in [0.15, 0.2) is 21.8 Å². The summed E-state index contributed by atoms with van der Waals surface area (Å²) in [5, 5.41) is 11.0. The quantitative estimate of drug-likeness (QED) is 0.482. The second-order valence-corrected chi connectivity index (χ2v) is 6.64. The molecule has 5 heteroatoms. The molecule has 0 aliphatic carbocycles. The molecule has 0 atom stereocenters. The Labute approximate surface area is 132 Å². The number of likely N-dealkylation sites (tertiary alicyclic amines) is 1. The molecule has 0 aromatic carbocycles. The van der Waals surface area contributed by atoms with E-state index in [9.17, 15) is 0 Å². The molecule has 2 heterocycles. The Bertz CT molecular complexity index is 408. The molecular formula is C16H28N4S. The van der Waals surface area contributed by atoms with Gasteiger partial charge in [0, 0.05) is 20.1 Å². The molecule has 21 heavy (non-hydrogen) atoms. The summed E-state index contributed by atoms with van der Waals surface area (Å²) in [6.07, 6.45) is 3.89. The van der Waals surface area contributed by atoms with Crippen LogP contribution in [0.5, 0.6) is 0 Å². The van der Waals surface area contributed by atoms with E-state index < -0.39 is 0 Å². The van der Waals surface area contributed by atoms with Crippen molar-refractivity contribution >= 4 is 17.3 Å². The van der Waals surface area contributed by atoms with Gasteiger partial charge in [0.1, 0.15) is 0 Å². The number of guanidine groups is 1. The Balaban J connectivity index is 1.56. The number of nitrogens with zero attached hydrogens (tertiary/aromatic N) is 2. The highest BCUT2D eigenvalue weighted by atomic mass is 32.1. The fourth-order valence-electron chi connectivity index (χ4n) is 2.59. The van der Waals surface area contributed by atoms with Gasteiger partial charge in [-0.3, -0.25) is 4.99 Å². The van der Waals surface area contributed by atoms with E-state index in [-0.39, 0.29) is 0 Å². The van der Waals surface area contributed by atoms with Crippen LogP contribution >= 0.6 is 11.3 Å². The zero-order valence-corrected chi connectivity index (χ0v) is 14.1. The third-order valence-electron chi connectivity index (χ3n) is 4.08. The second kappa shape index (κ2) is 9.05. The zero-order chi connectivity index (χ0) is 14.9. The van der Waals surface area contributed by atoms with Crippen LogP contribution in [0.2, 0.25) is 0 Å². The topological polar surface area (TPSA) is 39.7 Å². The number of hydrogen-bond acceptors (Lipinski definition) is 3. The molecule has 0 saturated carbocycles. The molecule has 2 rings (SSSR count). The molecule has 1 aromatic heterocycles. The normalized spacial score (nSPS) is 17.9. The minimum atomic E-state index is 0.840. The maximum atomic E-state index is 4.27. The van der Waals surface area contributed by atoms with Gasteiger partial charge in [0.25, 0.3) is 0 Å². The molecule has 1 fully saturated rings. The van der Waals surface area contributed by atoms with Gasteiger partial charge >= 0.3 is 0 Å². The SMILES string of the molecule is CN=C(NCCCN1CCC(C)CC1)NCc1ccsc1. The lowest BCUT2D eigenvalue weighted by Gasteiger charge is -2.30. The van der Waals surface area contributed by atoms with Gasteiger partial charge in [-0.25, -0.2) is 0 Å². The fourth-order valence-corrected chi connectivity index (χ4v) is 3.26. The first-order valence-corrected chi connectivity index (χ1v) is 8.90. The third kappa shape index (κ3) is 6.06. The van der Waals surface area contributed by atoms with Crippen LogP contribution in [0.25, 0.3) is 0 Å². The van der Waals surface area contributed by atoms with E-state index in [2.05, 4.69) is 44.3 Å². The summed E-state index contributed by atoms with van der Waals surface area (Å²) in [6.45, 7) is 7.92. The predicted octanol–water partition coefficient (Wildman–Crippen LogP) is 2.54. The van der Waals surface area contributed by atoms with Gasteiger partial charge in [0.15, 0.2) is 5.96 Å². The summed E-state index contributed by atoms with van der Waals surface area (Å²) in [5.41, 5.74) is 1.31. The van der Waals surface area contributed by atoms with E-state index in [1.54, 1.807) is 11.3 Å². The Morgan fingerprint density at radius 2 is 2.19 bits per heavy atom. The van der Waals surface area contributed by atoms with Crippen LogP contribution < -0.4 is 10.6 Å². The summed E-state index contributed by atoms with van der Waals surface area (Å²) in [7, 11) is 1.83. The molecule has 0 bridgehead atoms. The molecule has 1 aromatic rings. The fraction of sp³-hybridized carbons (Fsp3) is 0.688. The Hall–Kier alpha value is -1.07. The molecule has 118 valence electrons. The molecule has 0 amide bonds. The lowest BCUT2D eigenvalue weighted by molar-refractivity contribution is 0.191. The van der Waals surface area contributed by atoms with Crippen LogP contribution in [0.1, 0.15) is 31.7 Å². The number of hydrogen-bond donors (Lipinski definition) is 2. The number of thiophene rings is 1. The van der Waals surface area contributed by atoms with Gasteiger partial charge in [-0.1, -0.05) is 6.92 Å². The zero-order valence-electron chi connectivity index (χ0n) is 13.3. The van der Waals surface area contributed by atoms with E-state index in [1.807, 2.05) is 7.05 Å². The minimum absolute atomic E-state index is 0.840. The average Bonchev–Trinajstić information content (AvgIpc) is 3.02. The van der Waals surface area contributed by atoms with Crippen molar-refractivity contribution in [3.8, 4) is 0 Å². The van der Waals surface area contributed by atoms with Crippen LogP contribution in [0, 0.1) is 5.92 Å². The van der Waals surface area contributed by atoms with Crippen molar-refractivity contribution in [1.82, 2.24) is 15.5 Å². The summed E-state index contributed by atoms with van der Waals surface area (Å²) in [4.78, 5) is 6.85. The highest BCUT2D eigenvalue weighted by Crippen LogP contribution is 2.15. The number of rotatable bonds is 6. The first-order chi connectivity index (χ1) is 10.3. The molecule has 0 spiro atoms. The molecule has 1 aliphatic heterocycles. The van der Waals surface area contributed by atoms with E-state index in [4.69, 9.17) is 0 Å². The van der Waals surface area contributed by atoms with Crippen LogP contribution in [-0.4, -0.2) is 44.1 Å². The molecule has 4 nitrogen and oxygen atoms in total. The standard InChI is InChI=1S/C16H28N4S/c1-14-4-9-20(10-5-14)8-3-7-18-16(17-2)19-12-15-6-11-21-13-15/h6,11,13-14H,3-5,7-10,12H2,1-2H3,(H2,17,18,19). The molecular weight excluding hydrogens is 280 g/mol. The average molecular weight is 308 g/mol. The lowest BCUT2D eigenvalue weighted by Crippen LogP contribution is -2.39. The van der Waals surface area contributed by atoms with Crippen LogP contribution in [0.4, 0.5) is 0 Å². The van der Waals surface area contributed by atoms with Crippen molar-refractivity contribution in [2.45, 2.75) is 32.7 Å². The number of nitrogens with one attached hydrogen (secondary N) is 2. The third-order valence-corrected chi connectivity index (χ3v) is 4.82. The summed E-state index contributed by atoms with van der Waals surface area (Å²) >= 11 is 1.73. The molecule has 1 aliphatic rings. The minimum Gasteiger partial charge on any atom is -0.356 e. The monoisotopic (exact) mass is 308 g/mol. The maximum Gasteiger partial charge on any atom is 0.191 e. The van der Waals surface area contributed by atoms with Gasteiger partial charge < -0.3 is 15.5 Å². The highest BCUT2D eigenvalue weighted by Gasteiger charge is 2.14. The molecule has 1 saturated heterocycles. The van der Waals surface area contributed by atoms with Gasteiger partial charge in [0.2, 0.25) is 0 Å². The van der Waals surface area contributed by atoms with Crippen molar-refractivity contribution in [3.63, 3.8) is 0 Å². The van der Waals surface area contributed by atoms with Gasteiger partial charge in [-0.05, 0) is 67.2 Å². The summed E-state index contributed by atoms with van der Waals surface area (Å²) in [6, 6.07) is 2.14. The highest BCUT2D eigenvalue weighted by molar-refractivity contribution is 7.07. The number of piperidine rings is 1. The first-order valence-electron chi connectivity index (χ1n) is 7.96. The van der Waals surface area contributed by atoms with Crippen molar-refractivity contribution in [2.24, 2.45) is 10.9 Å². The van der Waals surface area contributed by atoms with Crippen molar-refractivity contribution in [2.75, 3.05) is 33.2 Å². The van der Waals surface area contributed by atoms with Gasteiger partial charge in [-0.15, -0.1) is 0 Å². The maximum absolute atomic E-state index is 4.27. The van der Waals surface area contributed by atoms with Crippen molar-refractivity contribution in [1.29, 1.82) is 0 Å². The van der Waals surface area contributed by atoms with E-state index >= 15 is 0 Å². The smallest absolute Gasteiger partial charge is 0.191 e. The Kier molecular flexibility index (Phi) is 7.03. The first kappa shape index (κ1) is 16.3. The summed E-state index contributed by atoms with van der Waals surface area (Å²) in [5.74, 6) is 1.81. The Morgan fingerprint density at radius 1 is 1.38 bits per heavy atom. The largest absolute Gasteiger partial charge is 0.356 e. The molecule has 0 radical (unpaired) electrons. The van der Waals surface area contributed by atoms with Crippen LogP contribution in [-0.2, 0) is 6.54 Å². The molecule has 2 N–H and O–H groups in total. The van der Waals surface area contributed by atoms with Crippen LogP contribution in [0.3, 0.4) is 0 Å². The second-order valence-electron chi connectivity index (χ2n) is 5.86. The lowest BCUT2D eigenvalue weighted by atomic mass is 9.99. The Morgan fingerprint density at radius 3 is 2.86 bits per heavy atom. The van der Waals surface area contributed by atoms with Crippen molar-refractivity contribution < 1.29 is 0 Å². The van der Waals surface area contributed by atoms with E-state index in [0.717, 1.165) is 25.0 Å². The summed E-state index contributed by atoms with van der Waals surface area (Å²) < 4.78 is 0. The number of aliphatic imine (C=N–C) groups is 1. The molecule has 0 unspecified atom stereocenters. The van der Waals surface area contributed by atoms with E-state index in [0.29, 0.717) is 0 Å². The van der Waals surface area contributed by atoms with Crippen molar-refractivity contribution in [3.05, 3.63) is 22.4 Å². The predicted molar refractivity (Wildman–Crippen MR) is 92.0 cm³/mol. The van der Waals surface area contributed by atoms with E-state index in [1.165, 1.54) is 44.5 Å².